The third-order valence-corrected chi connectivity index (χ3v) is 6.23. The van der Waals surface area contributed by atoms with Crippen LogP contribution in [0.4, 0.5) is 4.79 Å². The Balaban J connectivity index is 1.25. The van der Waals surface area contributed by atoms with Gasteiger partial charge in [-0.1, -0.05) is 48.5 Å². The van der Waals surface area contributed by atoms with Crippen LogP contribution in [0.1, 0.15) is 29.9 Å². The standard InChI is InChI=1S/C24H26N2O7/c27-15(11-21(28)26-10-9-24(32,14-26)22(29)30)12-25-23(31)33-13-20-18-7-3-1-5-16(18)17-6-2-4-8-19(17)20/h1-8,15,20,27,32H,9-14H2,(H,25,31)(H,29,30). The molecule has 33 heavy (non-hydrogen) atoms. The second-order valence-electron chi connectivity index (χ2n) is 8.47. The quantitative estimate of drug-likeness (QED) is 0.495. The molecule has 4 N–H and O–H groups in total. The molecule has 0 radical (unpaired) electrons. The van der Waals surface area contributed by atoms with Crippen LogP contribution in [0.3, 0.4) is 0 Å². The highest BCUT2D eigenvalue weighted by atomic mass is 16.5. The molecule has 9 nitrogen and oxygen atoms in total. The van der Waals surface area contributed by atoms with E-state index in [9.17, 15) is 24.6 Å². The van der Waals surface area contributed by atoms with Gasteiger partial charge in [-0.25, -0.2) is 9.59 Å². The number of fused-ring (bicyclic) bond motifs is 3. The normalized spacial score (nSPS) is 20.1. The summed E-state index contributed by atoms with van der Waals surface area (Å²) < 4.78 is 5.39. The van der Waals surface area contributed by atoms with Crippen LogP contribution < -0.4 is 5.32 Å². The van der Waals surface area contributed by atoms with Gasteiger partial charge < -0.3 is 30.3 Å². The second kappa shape index (κ2) is 9.21. The van der Waals surface area contributed by atoms with Crippen LogP contribution in [-0.4, -0.2) is 76.1 Å². The lowest BCUT2D eigenvalue weighted by Gasteiger charge is -2.21. The zero-order valence-corrected chi connectivity index (χ0v) is 17.9. The highest BCUT2D eigenvalue weighted by Gasteiger charge is 2.44. The maximum atomic E-state index is 12.3. The molecule has 4 rings (SSSR count). The summed E-state index contributed by atoms with van der Waals surface area (Å²) in [4.78, 5) is 36.7. The molecule has 2 atom stereocenters. The fraction of sp³-hybridized carbons (Fsp3) is 0.375. The van der Waals surface area contributed by atoms with Gasteiger partial charge in [-0.05, 0) is 22.3 Å². The number of β-amino-alcohol motifs (C(OH)–C–C–N with tert-alkyl or cyclic N) is 1. The molecule has 2 aromatic carbocycles. The minimum atomic E-state index is -1.96. The first-order valence-corrected chi connectivity index (χ1v) is 10.8. The Hall–Kier alpha value is -3.43. The maximum Gasteiger partial charge on any atom is 0.407 e. The number of alkyl carbamates (subject to hydrolysis) is 1. The Kier molecular flexibility index (Phi) is 6.35. The predicted molar refractivity (Wildman–Crippen MR) is 117 cm³/mol. The number of amides is 2. The molecule has 2 aromatic rings. The Morgan fingerprint density at radius 2 is 1.70 bits per heavy atom. The summed E-state index contributed by atoms with van der Waals surface area (Å²) in [6.45, 7) is -0.294. The number of aliphatic hydroxyl groups excluding tert-OH is 1. The minimum absolute atomic E-state index is 0.0673. The number of nitrogens with one attached hydrogen (secondary N) is 1. The summed E-state index contributed by atoms with van der Waals surface area (Å²) >= 11 is 0. The van der Waals surface area contributed by atoms with Gasteiger partial charge in [0.2, 0.25) is 5.91 Å². The zero-order chi connectivity index (χ0) is 23.6. The fourth-order valence-electron chi connectivity index (χ4n) is 4.43. The van der Waals surface area contributed by atoms with Gasteiger partial charge in [0.1, 0.15) is 6.61 Å². The van der Waals surface area contributed by atoms with E-state index in [1.165, 1.54) is 4.90 Å². The largest absolute Gasteiger partial charge is 0.479 e. The van der Waals surface area contributed by atoms with E-state index in [1.807, 2.05) is 48.5 Å². The van der Waals surface area contributed by atoms with E-state index in [2.05, 4.69) is 5.32 Å². The number of aliphatic hydroxyl groups is 2. The fourth-order valence-corrected chi connectivity index (χ4v) is 4.43. The molecule has 1 saturated heterocycles. The third kappa shape index (κ3) is 4.69. The molecule has 1 aliphatic heterocycles. The number of likely N-dealkylation sites (tertiary alicyclic amines) is 1. The number of benzene rings is 2. The van der Waals surface area contributed by atoms with Gasteiger partial charge in [0.15, 0.2) is 5.60 Å². The molecule has 0 spiro atoms. The van der Waals surface area contributed by atoms with Gasteiger partial charge in [0.25, 0.3) is 0 Å². The number of hydrogen-bond acceptors (Lipinski definition) is 6. The molecule has 2 amide bonds. The lowest BCUT2D eigenvalue weighted by molar-refractivity contribution is -0.157. The number of carboxylic acid groups (broad SMARTS) is 1. The van der Waals surface area contributed by atoms with Crippen molar-refractivity contribution in [3.63, 3.8) is 0 Å². The summed E-state index contributed by atoms with van der Waals surface area (Å²) in [5.41, 5.74) is 2.45. The molecule has 1 heterocycles. The number of carbonyl (C=O) groups is 3. The van der Waals surface area contributed by atoms with Gasteiger partial charge in [-0.3, -0.25) is 4.79 Å². The van der Waals surface area contributed by atoms with Crippen molar-refractivity contribution in [2.24, 2.45) is 0 Å². The lowest BCUT2D eigenvalue weighted by atomic mass is 9.98. The molecule has 0 bridgehead atoms. The second-order valence-corrected chi connectivity index (χ2v) is 8.47. The van der Waals surface area contributed by atoms with Crippen molar-refractivity contribution in [1.82, 2.24) is 10.2 Å². The van der Waals surface area contributed by atoms with E-state index >= 15 is 0 Å². The number of rotatable bonds is 7. The van der Waals surface area contributed by atoms with Gasteiger partial charge in [0, 0.05) is 25.4 Å². The average molecular weight is 454 g/mol. The Morgan fingerprint density at radius 3 is 2.27 bits per heavy atom. The third-order valence-electron chi connectivity index (χ3n) is 6.23. The number of nitrogens with zero attached hydrogens (tertiary/aromatic N) is 1. The monoisotopic (exact) mass is 454 g/mol. The van der Waals surface area contributed by atoms with Gasteiger partial charge >= 0.3 is 12.1 Å². The summed E-state index contributed by atoms with van der Waals surface area (Å²) in [6, 6.07) is 15.9. The maximum absolute atomic E-state index is 12.3. The topological polar surface area (TPSA) is 136 Å². The molecular weight excluding hydrogens is 428 g/mol. The van der Waals surface area contributed by atoms with Crippen molar-refractivity contribution in [1.29, 1.82) is 0 Å². The summed E-state index contributed by atoms with van der Waals surface area (Å²) in [7, 11) is 0. The van der Waals surface area contributed by atoms with Crippen LogP contribution in [0.2, 0.25) is 0 Å². The zero-order valence-electron chi connectivity index (χ0n) is 17.9. The first-order chi connectivity index (χ1) is 15.8. The predicted octanol–water partition coefficient (Wildman–Crippen LogP) is 1.32. The van der Waals surface area contributed by atoms with Gasteiger partial charge in [0.05, 0.1) is 19.1 Å². The molecule has 1 fully saturated rings. The Bertz CT molecular complexity index is 1030. The molecule has 174 valence electrons. The van der Waals surface area contributed by atoms with E-state index in [-0.39, 0.29) is 45.0 Å². The Labute approximate surface area is 190 Å². The van der Waals surface area contributed by atoms with E-state index in [4.69, 9.17) is 9.84 Å². The van der Waals surface area contributed by atoms with E-state index in [1.54, 1.807) is 0 Å². The first kappa shape index (κ1) is 22.8. The summed E-state index contributed by atoms with van der Waals surface area (Å²) in [6.07, 6.45) is -2.25. The molecule has 0 aromatic heterocycles. The van der Waals surface area contributed by atoms with Crippen molar-refractivity contribution in [2.75, 3.05) is 26.2 Å². The van der Waals surface area contributed by atoms with Crippen LogP contribution in [0, 0.1) is 0 Å². The molecule has 1 aliphatic carbocycles. The molecule has 2 unspecified atom stereocenters. The molecule has 0 saturated carbocycles. The molecule has 2 aliphatic rings. The van der Waals surface area contributed by atoms with Crippen LogP contribution in [-0.2, 0) is 14.3 Å². The summed E-state index contributed by atoms with van der Waals surface area (Å²) in [5, 5.41) is 31.5. The van der Waals surface area contributed by atoms with Crippen molar-refractivity contribution >= 4 is 18.0 Å². The number of aliphatic carboxylic acids is 1. The first-order valence-electron chi connectivity index (χ1n) is 10.8. The summed E-state index contributed by atoms with van der Waals surface area (Å²) in [5.74, 6) is -1.96. The number of carboxylic acids is 1. The van der Waals surface area contributed by atoms with Crippen LogP contribution in [0.15, 0.2) is 48.5 Å². The van der Waals surface area contributed by atoms with Crippen molar-refractivity contribution < 1.29 is 34.4 Å². The SMILES string of the molecule is O=C(NCC(O)CC(=O)N1CCC(O)(C(=O)O)C1)OCC1c2ccccc2-c2ccccc21. The number of ether oxygens (including phenoxy) is 1. The lowest BCUT2D eigenvalue weighted by Crippen LogP contribution is -2.43. The highest BCUT2D eigenvalue weighted by Crippen LogP contribution is 2.44. The van der Waals surface area contributed by atoms with E-state index in [0.717, 1.165) is 22.3 Å². The van der Waals surface area contributed by atoms with Crippen molar-refractivity contribution in [3.8, 4) is 11.1 Å². The van der Waals surface area contributed by atoms with Crippen LogP contribution in [0.5, 0.6) is 0 Å². The molecular formula is C24H26N2O7. The van der Waals surface area contributed by atoms with Crippen molar-refractivity contribution in [3.05, 3.63) is 59.7 Å². The number of hydrogen-bond donors (Lipinski definition) is 4. The minimum Gasteiger partial charge on any atom is -0.479 e. The van der Waals surface area contributed by atoms with E-state index in [0.29, 0.717) is 0 Å². The van der Waals surface area contributed by atoms with Crippen LogP contribution in [0.25, 0.3) is 11.1 Å². The van der Waals surface area contributed by atoms with Gasteiger partial charge in [-0.15, -0.1) is 0 Å². The van der Waals surface area contributed by atoms with Crippen molar-refractivity contribution in [2.45, 2.75) is 30.5 Å². The smallest absolute Gasteiger partial charge is 0.407 e. The van der Waals surface area contributed by atoms with Crippen LogP contribution >= 0.6 is 0 Å². The van der Waals surface area contributed by atoms with E-state index < -0.39 is 29.7 Å². The molecule has 9 heteroatoms. The Morgan fingerprint density at radius 1 is 1.09 bits per heavy atom. The number of carbonyl (C=O) groups excluding carboxylic acids is 2. The highest BCUT2D eigenvalue weighted by molar-refractivity contribution is 5.82. The van der Waals surface area contributed by atoms with Gasteiger partial charge in [-0.2, -0.15) is 0 Å². The average Bonchev–Trinajstić information content (AvgIpc) is 3.36.